The first-order valence-corrected chi connectivity index (χ1v) is 17.5. The Morgan fingerprint density at radius 2 is 1.60 bits per heavy atom. The van der Waals surface area contributed by atoms with Gasteiger partial charge in [-0.1, -0.05) is 55.1 Å². The first kappa shape index (κ1) is 34.4. The number of methoxy groups -OCH3 is 2. The van der Waals surface area contributed by atoms with E-state index in [1.165, 1.54) is 0 Å². The molecule has 2 aromatic rings. The largest absolute Gasteiger partial charge is 0.495 e. The van der Waals surface area contributed by atoms with Gasteiger partial charge >= 0.3 is 6.03 Å². The average Bonchev–Trinajstić information content (AvgIpc) is 3.47. The summed E-state index contributed by atoms with van der Waals surface area (Å²) in [5.41, 5.74) is 1.08. The molecule has 246 valence electrons. The quantitative estimate of drug-likeness (QED) is 0.120. The Kier molecular flexibility index (Phi) is 12.0. The Balaban J connectivity index is 1.10. The van der Waals surface area contributed by atoms with E-state index in [0.717, 1.165) is 36.5 Å². The fourth-order valence-corrected chi connectivity index (χ4v) is 8.68. The van der Waals surface area contributed by atoms with Crippen molar-refractivity contribution in [3.63, 3.8) is 0 Å². The van der Waals surface area contributed by atoms with Gasteiger partial charge < -0.3 is 30.7 Å². The van der Waals surface area contributed by atoms with Crippen molar-refractivity contribution in [3.8, 4) is 11.5 Å². The second-order valence-corrected chi connectivity index (χ2v) is 14.2. The number of halogens is 1. The number of hydrogen-bond acceptors (Lipinski definition) is 7. The molecular weight excluding hydrogens is 620 g/mol. The van der Waals surface area contributed by atoms with Crippen LogP contribution in [0, 0.1) is 0 Å². The summed E-state index contributed by atoms with van der Waals surface area (Å²) in [5.74, 6) is 0.831. The molecule has 0 aliphatic carbocycles. The highest BCUT2D eigenvalue weighted by molar-refractivity contribution is 7.92. The number of unbranched alkanes of at least 4 members (excludes halogenated alkanes) is 4. The van der Waals surface area contributed by atoms with Gasteiger partial charge in [0.1, 0.15) is 11.5 Å². The van der Waals surface area contributed by atoms with Crippen molar-refractivity contribution in [1.82, 2.24) is 21.3 Å². The third-order valence-corrected chi connectivity index (χ3v) is 11.0. The minimum atomic E-state index is -3.25. The summed E-state index contributed by atoms with van der Waals surface area (Å²) >= 11 is 6.67. The number of urea groups is 1. The molecule has 4 rings (SSSR count). The second-order valence-electron chi connectivity index (χ2n) is 11.6. The molecule has 0 aromatic heterocycles. The van der Waals surface area contributed by atoms with Gasteiger partial charge in [0.25, 0.3) is 0 Å². The molecule has 11 nitrogen and oxygen atoms in total. The lowest BCUT2D eigenvalue weighted by Gasteiger charge is -2.16. The van der Waals surface area contributed by atoms with Crippen LogP contribution in [0.15, 0.2) is 29.8 Å². The van der Waals surface area contributed by atoms with Crippen LogP contribution in [-0.4, -0.2) is 76.7 Å². The third-order valence-electron chi connectivity index (χ3n) is 8.40. The molecule has 2 fully saturated rings. The van der Waals surface area contributed by atoms with Crippen molar-refractivity contribution in [2.75, 3.05) is 33.1 Å². The molecule has 2 heterocycles. The maximum absolute atomic E-state index is 12.8. The second kappa shape index (κ2) is 15.7. The zero-order valence-corrected chi connectivity index (χ0v) is 27.6. The number of rotatable bonds is 16. The number of carbonyl (C=O) groups excluding carboxylic acids is 3. The van der Waals surface area contributed by atoms with Crippen molar-refractivity contribution in [3.05, 3.63) is 40.4 Å². The summed E-state index contributed by atoms with van der Waals surface area (Å²) < 4.78 is 36.0. The molecule has 4 N–H and O–H groups in total. The molecule has 0 radical (unpaired) electrons. The Morgan fingerprint density at radius 1 is 0.956 bits per heavy atom. The standard InChI is InChI=1S/C32H43ClN4O7S/c1-20(18-23-27(33)30(44-3)22-13-7-6-12-21(22)29(23)43-2)31(39)35-17-11-5-4-10-16-34-26(38)15-9-8-14-25-28-24(19-45(25,41)42)36-32(40)37-28/h6-7,12-13,18,24-25,28H,4-5,8-11,14-17,19H2,1-3H3,(H,34,38)(H,35,39)(H2,36,37,40). The number of amides is 4. The van der Waals surface area contributed by atoms with Crippen molar-refractivity contribution in [2.24, 2.45) is 0 Å². The van der Waals surface area contributed by atoms with E-state index in [4.69, 9.17) is 21.1 Å². The Hall–Kier alpha value is -3.51. The predicted molar refractivity (Wildman–Crippen MR) is 175 cm³/mol. The van der Waals surface area contributed by atoms with Crippen LogP contribution in [0.4, 0.5) is 4.79 Å². The summed E-state index contributed by atoms with van der Waals surface area (Å²) in [4.78, 5) is 36.5. The van der Waals surface area contributed by atoms with E-state index in [1.54, 1.807) is 27.2 Å². The SMILES string of the molecule is COc1c(Cl)c(C=C(C)C(=O)NCCCCCCNC(=O)CCCCC2C3NC(=O)NC3CS2(=O)=O)c(OC)c2ccccc12. The predicted octanol–water partition coefficient (Wildman–Crippen LogP) is 4.11. The number of carbonyl (C=O) groups is 3. The highest BCUT2D eigenvalue weighted by atomic mass is 35.5. The number of nitrogens with one attached hydrogen (secondary N) is 4. The van der Waals surface area contributed by atoms with E-state index >= 15 is 0 Å². The van der Waals surface area contributed by atoms with Gasteiger partial charge in [-0.05, 0) is 38.7 Å². The first-order valence-electron chi connectivity index (χ1n) is 15.4. The minimum absolute atomic E-state index is 0.0301. The highest BCUT2D eigenvalue weighted by Gasteiger charge is 2.51. The molecule has 0 saturated carbocycles. The monoisotopic (exact) mass is 662 g/mol. The molecule has 2 aliphatic rings. The van der Waals surface area contributed by atoms with Crippen LogP contribution in [0.5, 0.6) is 11.5 Å². The molecule has 2 aromatic carbocycles. The summed E-state index contributed by atoms with van der Waals surface area (Å²) in [6.45, 7) is 2.83. The van der Waals surface area contributed by atoms with Gasteiger partial charge in [0.05, 0.1) is 42.3 Å². The van der Waals surface area contributed by atoms with E-state index in [1.807, 2.05) is 24.3 Å². The lowest BCUT2D eigenvalue weighted by molar-refractivity contribution is -0.121. The molecule has 2 aliphatic heterocycles. The molecule has 3 unspecified atom stereocenters. The topological polar surface area (TPSA) is 152 Å². The van der Waals surface area contributed by atoms with E-state index in [2.05, 4.69) is 21.3 Å². The number of ether oxygens (including phenoxy) is 2. The minimum Gasteiger partial charge on any atom is -0.495 e. The lowest BCUT2D eigenvalue weighted by Crippen LogP contribution is -2.39. The van der Waals surface area contributed by atoms with Crippen molar-refractivity contribution < 1.29 is 32.3 Å². The summed E-state index contributed by atoms with van der Waals surface area (Å²) in [5, 5.41) is 12.7. The zero-order valence-electron chi connectivity index (χ0n) is 26.0. The molecule has 3 atom stereocenters. The fraction of sp³-hybridized carbons (Fsp3) is 0.531. The van der Waals surface area contributed by atoms with E-state index in [9.17, 15) is 22.8 Å². The molecular formula is C32H43ClN4O7S. The van der Waals surface area contributed by atoms with E-state index in [-0.39, 0.29) is 35.7 Å². The van der Waals surface area contributed by atoms with Crippen LogP contribution in [0.25, 0.3) is 16.8 Å². The normalized spacial score (nSPS) is 20.3. The highest BCUT2D eigenvalue weighted by Crippen LogP contribution is 2.44. The zero-order chi connectivity index (χ0) is 32.6. The lowest BCUT2D eigenvalue weighted by atomic mass is 10.0. The molecule has 13 heteroatoms. The number of hydrogen-bond donors (Lipinski definition) is 4. The van der Waals surface area contributed by atoms with Gasteiger partial charge in [0, 0.05) is 41.4 Å². The molecule has 4 amide bonds. The summed E-state index contributed by atoms with van der Waals surface area (Å²) in [6.07, 6.45) is 7.15. The van der Waals surface area contributed by atoms with E-state index < -0.39 is 15.1 Å². The van der Waals surface area contributed by atoms with Crippen molar-refractivity contribution >= 4 is 56.1 Å². The average molecular weight is 663 g/mol. The number of fused-ring (bicyclic) bond motifs is 2. The Morgan fingerprint density at radius 3 is 2.27 bits per heavy atom. The van der Waals surface area contributed by atoms with Gasteiger partial charge in [0.15, 0.2) is 9.84 Å². The first-order chi connectivity index (χ1) is 21.6. The van der Waals surface area contributed by atoms with Crippen LogP contribution >= 0.6 is 11.6 Å². The maximum Gasteiger partial charge on any atom is 0.315 e. The smallest absolute Gasteiger partial charge is 0.315 e. The molecule has 0 bridgehead atoms. The molecule has 2 saturated heterocycles. The Bertz CT molecular complexity index is 1550. The van der Waals surface area contributed by atoms with Crippen LogP contribution in [0.2, 0.25) is 5.02 Å². The van der Waals surface area contributed by atoms with Crippen molar-refractivity contribution in [1.29, 1.82) is 0 Å². The fourth-order valence-electron chi connectivity index (χ4n) is 6.09. The molecule has 45 heavy (non-hydrogen) atoms. The van der Waals surface area contributed by atoms with Crippen LogP contribution in [0.1, 0.15) is 63.9 Å². The van der Waals surface area contributed by atoms with Crippen molar-refractivity contribution in [2.45, 2.75) is 75.6 Å². The Labute approximate surface area is 269 Å². The van der Waals surface area contributed by atoms with Crippen LogP contribution < -0.4 is 30.7 Å². The molecule has 0 spiro atoms. The third kappa shape index (κ3) is 8.40. The van der Waals surface area contributed by atoms with E-state index in [0.29, 0.717) is 66.4 Å². The summed E-state index contributed by atoms with van der Waals surface area (Å²) in [7, 11) is -0.120. The summed E-state index contributed by atoms with van der Waals surface area (Å²) in [6, 6.07) is 6.58. The van der Waals surface area contributed by atoms with Gasteiger partial charge in [-0.25, -0.2) is 13.2 Å². The van der Waals surface area contributed by atoms with Gasteiger partial charge in [-0.15, -0.1) is 0 Å². The number of sulfone groups is 1. The van der Waals surface area contributed by atoms with Crippen LogP contribution in [-0.2, 0) is 19.4 Å². The van der Waals surface area contributed by atoms with Gasteiger partial charge in [-0.2, -0.15) is 0 Å². The van der Waals surface area contributed by atoms with Crippen LogP contribution in [0.3, 0.4) is 0 Å². The van der Waals surface area contributed by atoms with Gasteiger partial charge in [-0.3, -0.25) is 9.59 Å². The maximum atomic E-state index is 12.8. The van der Waals surface area contributed by atoms with Gasteiger partial charge in [0.2, 0.25) is 11.8 Å². The number of benzene rings is 2.